The number of nitrogens with one attached hydrogen (secondary N) is 1. The Balaban J connectivity index is 1.39. The molecule has 0 radical (unpaired) electrons. The van der Waals surface area contributed by atoms with Crippen LogP contribution < -0.4 is 5.32 Å². The second-order valence-corrected chi connectivity index (χ2v) is 9.21. The maximum Gasteiger partial charge on any atom is 0.270 e. The highest BCUT2D eigenvalue weighted by molar-refractivity contribution is 7.17. The number of rotatable bonds is 5. The summed E-state index contributed by atoms with van der Waals surface area (Å²) in [7, 11) is 0. The van der Waals surface area contributed by atoms with Crippen LogP contribution in [-0.2, 0) is 11.2 Å². The predicted molar refractivity (Wildman–Crippen MR) is 121 cm³/mol. The van der Waals surface area contributed by atoms with Crippen LogP contribution in [0, 0.1) is 0 Å². The van der Waals surface area contributed by atoms with E-state index in [1.54, 1.807) is 22.7 Å². The minimum atomic E-state index is -0.126. The van der Waals surface area contributed by atoms with Gasteiger partial charge < -0.3 is 10.1 Å². The van der Waals surface area contributed by atoms with Gasteiger partial charge in [0.25, 0.3) is 5.91 Å². The summed E-state index contributed by atoms with van der Waals surface area (Å²) >= 11 is 3.31. The fraction of sp³-hybridized carbons (Fsp3) is 0.261. The molecular weight excluding hydrogens is 414 g/mol. The molecule has 3 aromatic heterocycles. The Morgan fingerprint density at radius 1 is 1.17 bits per heavy atom. The lowest BCUT2D eigenvalue weighted by Gasteiger charge is -2.23. The maximum absolute atomic E-state index is 12.8. The van der Waals surface area contributed by atoms with Crippen molar-refractivity contribution in [3.05, 3.63) is 70.2 Å². The zero-order valence-corrected chi connectivity index (χ0v) is 18.0. The summed E-state index contributed by atoms with van der Waals surface area (Å²) in [6.07, 6.45) is 4.50. The summed E-state index contributed by atoms with van der Waals surface area (Å²) in [5.41, 5.74) is 4.80. The van der Waals surface area contributed by atoms with Crippen LogP contribution in [0.5, 0.6) is 0 Å². The van der Waals surface area contributed by atoms with Gasteiger partial charge in [0.15, 0.2) is 0 Å². The summed E-state index contributed by atoms with van der Waals surface area (Å²) < 4.78 is 6.61. The van der Waals surface area contributed by atoms with E-state index >= 15 is 0 Å². The van der Waals surface area contributed by atoms with Crippen molar-refractivity contribution in [2.75, 3.05) is 13.2 Å². The zero-order valence-electron chi connectivity index (χ0n) is 16.3. The summed E-state index contributed by atoms with van der Waals surface area (Å²) in [5.74, 6) is -0.126. The Morgan fingerprint density at radius 2 is 2.07 bits per heavy atom. The van der Waals surface area contributed by atoms with E-state index < -0.39 is 0 Å². The van der Waals surface area contributed by atoms with Gasteiger partial charge in [-0.1, -0.05) is 24.3 Å². The number of pyridine rings is 1. The van der Waals surface area contributed by atoms with Gasteiger partial charge in [-0.25, -0.2) is 9.97 Å². The second-order valence-electron chi connectivity index (χ2n) is 7.40. The topological polar surface area (TPSA) is 64.1 Å². The minimum absolute atomic E-state index is 0.0630. The van der Waals surface area contributed by atoms with Crippen LogP contribution in [-0.4, -0.2) is 35.1 Å². The molecule has 1 atom stereocenters. The standard InChI is InChI=1S/C23H21N3O2S2/c27-22(25-18-2-1-9-28-14-18)20-13-17(21-19(26-20)7-10-29-21)12-15-3-5-16(6-4-15)23-24-8-11-30-23/h3-8,10-11,13,18H,1-2,9,12,14H2,(H,25,27). The summed E-state index contributed by atoms with van der Waals surface area (Å²) in [5, 5.41) is 8.12. The fourth-order valence-electron chi connectivity index (χ4n) is 3.74. The lowest BCUT2D eigenvalue weighted by molar-refractivity contribution is 0.0622. The molecule has 0 aliphatic carbocycles. The molecule has 4 aromatic rings. The molecule has 1 aliphatic rings. The number of thiazole rings is 1. The monoisotopic (exact) mass is 435 g/mol. The van der Waals surface area contributed by atoms with Crippen molar-refractivity contribution in [2.24, 2.45) is 0 Å². The third-order valence-electron chi connectivity index (χ3n) is 5.24. The van der Waals surface area contributed by atoms with Gasteiger partial charge in [-0.05, 0) is 47.9 Å². The van der Waals surface area contributed by atoms with E-state index in [0.717, 1.165) is 52.2 Å². The molecule has 1 N–H and O–H groups in total. The summed E-state index contributed by atoms with van der Waals surface area (Å²) in [6.45, 7) is 1.35. The highest BCUT2D eigenvalue weighted by Gasteiger charge is 2.19. The largest absolute Gasteiger partial charge is 0.379 e. The van der Waals surface area contributed by atoms with Gasteiger partial charge in [-0.2, -0.15) is 0 Å². The van der Waals surface area contributed by atoms with Gasteiger partial charge in [0.1, 0.15) is 10.7 Å². The van der Waals surface area contributed by atoms with Crippen molar-refractivity contribution in [3.63, 3.8) is 0 Å². The Bertz CT molecular complexity index is 1150. The first kappa shape index (κ1) is 19.4. The number of ether oxygens (including phenoxy) is 1. The first-order valence-electron chi connectivity index (χ1n) is 10.0. The highest BCUT2D eigenvalue weighted by atomic mass is 32.1. The fourth-order valence-corrected chi connectivity index (χ4v) is 5.23. The molecule has 0 saturated carbocycles. The molecule has 152 valence electrons. The van der Waals surface area contributed by atoms with Crippen molar-refractivity contribution in [1.29, 1.82) is 0 Å². The van der Waals surface area contributed by atoms with Gasteiger partial charge >= 0.3 is 0 Å². The molecule has 0 bridgehead atoms. The van der Waals surface area contributed by atoms with Gasteiger partial charge in [0.2, 0.25) is 0 Å². The van der Waals surface area contributed by atoms with E-state index in [1.165, 1.54) is 5.56 Å². The Labute approximate surface area is 182 Å². The number of carbonyl (C=O) groups is 1. The number of fused-ring (bicyclic) bond motifs is 1. The van der Waals surface area contributed by atoms with Crippen molar-refractivity contribution in [2.45, 2.75) is 25.3 Å². The van der Waals surface area contributed by atoms with Crippen LogP contribution in [0.3, 0.4) is 0 Å². The van der Waals surface area contributed by atoms with Crippen LogP contribution in [0.25, 0.3) is 20.8 Å². The maximum atomic E-state index is 12.8. The van der Waals surface area contributed by atoms with Crippen molar-refractivity contribution >= 4 is 38.8 Å². The van der Waals surface area contributed by atoms with Crippen LogP contribution in [0.4, 0.5) is 0 Å². The third kappa shape index (κ3) is 4.14. The number of benzene rings is 1. The quantitative estimate of drug-likeness (QED) is 0.483. The molecule has 1 aromatic carbocycles. The van der Waals surface area contributed by atoms with Crippen molar-refractivity contribution in [1.82, 2.24) is 15.3 Å². The number of amides is 1. The van der Waals surface area contributed by atoms with Crippen LogP contribution in [0.2, 0.25) is 0 Å². The molecule has 30 heavy (non-hydrogen) atoms. The normalized spacial score (nSPS) is 16.6. The zero-order chi connectivity index (χ0) is 20.3. The number of hydrogen-bond acceptors (Lipinski definition) is 6. The molecule has 4 heterocycles. The average Bonchev–Trinajstić information content (AvgIpc) is 3.47. The Kier molecular flexibility index (Phi) is 5.57. The molecule has 1 saturated heterocycles. The lowest BCUT2D eigenvalue weighted by atomic mass is 10.0. The first-order chi connectivity index (χ1) is 14.8. The SMILES string of the molecule is O=C(NC1CCCOC1)c1cc(Cc2ccc(-c3nccs3)cc2)c2sccc2n1. The van der Waals surface area contributed by atoms with Crippen LogP contribution in [0.15, 0.2) is 53.4 Å². The molecule has 5 nitrogen and oxygen atoms in total. The van der Waals surface area contributed by atoms with E-state index in [-0.39, 0.29) is 11.9 Å². The van der Waals surface area contributed by atoms with E-state index in [1.807, 2.05) is 29.1 Å². The van der Waals surface area contributed by atoms with Gasteiger partial charge in [0, 0.05) is 23.7 Å². The van der Waals surface area contributed by atoms with Crippen LogP contribution in [0.1, 0.15) is 34.5 Å². The number of thiophene rings is 1. The van der Waals surface area contributed by atoms with E-state index in [2.05, 4.69) is 39.6 Å². The Morgan fingerprint density at radius 3 is 2.83 bits per heavy atom. The number of hydrogen-bond donors (Lipinski definition) is 1. The van der Waals surface area contributed by atoms with Crippen molar-refractivity contribution < 1.29 is 9.53 Å². The van der Waals surface area contributed by atoms with E-state index in [0.29, 0.717) is 12.3 Å². The molecule has 1 fully saturated rings. The third-order valence-corrected chi connectivity index (χ3v) is 7.05. The average molecular weight is 436 g/mol. The second kappa shape index (κ2) is 8.63. The minimum Gasteiger partial charge on any atom is -0.379 e. The molecule has 5 rings (SSSR count). The molecule has 1 unspecified atom stereocenters. The summed E-state index contributed by atoms with van der Waals surface area (Å²) in [4.78, 5) is 21.8. The molecular formula is C23H21N3O2S2. The van der Waals surface area contributed by atoms with Crippen LogP contribution >= 0.6 is 22.7 Å². The van der Waals surface area contributed by atoms with Crippen molar-refractivity contribution in [3.8, 4) is 10.6 Å². The molecule has 1 amide bonds. The molecule has 0 spiro atoms. The number of carbonyl (C=O) groups excluding carboxylic acids is 1. The number of aromatic nitrogens is 2. The molecule has 7 heteroatoms. The lowest BCUT2D eigenvalue weighted by Crippen LogP contribution is -2.40. The highest BCUT2D eigenvalue weighted by Crippen LogP contribution is 2.28. The van der Waals surface area contributed by atoms with Gasteiger partial charge in [-0.3, -0.25) is 4.79 Å². The van der Waals surface area contributed by atoms with E-state index in [4.69, 9.17) is 4.74 Å². The predicted octanol–water partition coefficient (Wildman–Crippen LogP) is 4.92. The van der Waals surface area contributed by atoms with E-state index in [9.17, 15) is 4.79 Å². The van der Waals surface area contributed by atoms with Gasteiger partial charge in [-0.15, -0.1) is 22.7 Å². The Hall–Kier alpha value is -2.61. The summed E-state index contributed by atoms with van der Waals surface area (Å²) in [6, 6.07) is 12.5. The first-order valence-corrected chi connectivity index (χ1v) is 11.8. The van der Waals surface area contributed by atoms with Gasteiger partial charge in [0.05, 0.1) is 22.9 Å². The molecule has 1 aliphatic heterocycles. The number of nitrogens with zero attached hydrogens (tertiary/aromatic N) is 2. The smallest absolute Gasteiger partial charge is 0.270 e.